The molecule has 1 unspecified atom stereocenters. The molecule has 1 aliphatic heterocycles. The Bertz CT molecular complexity index is 676. The van der Waals surface area contributed by atoms with Crippen LogP contribution in [0.1, 0.15) is 6.42 Å². The first-order valence-electron chi connectivity index (χ1n) is 6.68. The van der Waals surface area contributed by atoms with Crippen LogP contribution in [0.15, 0.2) is 29.2 Å². The molecule has 11 heteroatoms. The van der Waals surface area contributed by atoms with Gasteiger partial charge in [0, 0.05) is 25.2 Å². The van der Waals surface area contributed by atoms with Gasteiger partial charge in [0.25, 0.3) is 5.69 Å². The van der Waals surface area contributed by atoms with Crippen LogP contribution in [-0.4, -0.2) is 49.5 Å². The third-order valence-electron chi connectivity index (χ3n) is 3.48. The Balaban J connectivity index is 2.40. The van der Waals surface area contributed by atoms with Gasteiger partial charge in [-0.05, 0) is 25.1 Å². The summed E-state index contributed by atoms with van der Waals surface area (Å²) in [5.74, 6) is 0. The lowest BCUT2D eigenvalue weighted by Gasteiger charge is -2.30. The van der Waals surface area contributed by atoms with Crippen LogP contribution >= 0.6 is 0 Å². The Morgan fingerprint density at radius 2 is 1.83 bits per heavy atom. The standard InChI is InChI=1S/C12H14F3N3O4S/c13-12(14,15)11-5-6-16-7-8-17(11)23(21,22)10-3-1-9(2-4-10)18(19)20/h1-4,11,16H,5-8H2. The second-order valence-electron chi connectivity index (χ2n) is 4.96. The van der Waals surface area contributed by atoms with Crippen molar-refractivity contribution in [2.24, 2.45) is 0 Å². The maximum atomic E-state index is 13.2. The summed E-state index contributed by atoms with van der Waals surface area (Å²) in [5.41, 5.74) is -0.339. The molecule has 0 radical (unpaired) electrons. The molecule has 0 spiro atoms. The molecule has 23 heavy (non-hydrogen) atoms. The van der Waals surface area contributed by atoms with Crippen LogP contribution in [0.4, 0.5) is 18.9 Å². The Morgan fingerprint density at radius 1 is 1.22 bits per heavy atom. The van der Waals surface area contributed by atoms with Crippen molar-refractivity contribution in [3.05, 3.63) is 34.4 Å². The number of nitro groups is 1. The summed E-state index contributed by atoms with van der Waals surface area (Å²) >= 11 is 0. The maximum absolute atomic E-state index is 13.2. The average molecular weight is 353 g/mol. The number of benzene rings is 1. The van der Waals surface area contributed by atoms with E-state index in [1.54, 1.807) is 0 Å². The van der Waals surface area contributed by atoms with E-state index in [1.165, 1.54) is 0 Å². The zero-order valence-corrected chi connectivity index (χ0v) is 12.6. The number of nitrogens with one attached hydrogen (secondary N) is 1. The van der Waals surface area contributed by atoms with Crippen molar-refractivity contribution in [1.29, 1.82) is 0 Å². The normalized spacial score (nSPS) is 20.9. The minimum absolute atomic E-state index is 0.0520. The van der Waals surface area contributed by atoms with Crippen LogP contribution in [0.3, 0.4) is 0 Å². The SMILES string of the molecule is O=[N+]([O-])c1ccc(S(=O)(=O)N2CCNCCC2C(F)(F)F)cc1. The first-order chi connectivity index (χ1) is 10.6. The lowest BCUT2D eigenvalue weighted by molar-refractivity contribution is -0.384. The minimum Gasteiger partial charge on any atom is -0.315 e. The van der Waals surface area contributed by atoms with E-state index in [-0.39, 0.29) is 25.3 Å². The smallest absolute Gasteiger partial charge is 0.315 e. The van der Waals surface area contributed by atoms with Crippen LogP contribution in [-0.2, 0) is 10.0 Å². The molecule has 1 aliphatic rings. The maximum Gasteiger partial charge on any atom is 0.405 e. The summed E-state index contributed by atoms with van der Waals surface area (Å²) in [6.07, 6.45) is -5.09. The fourth-order valence-corrected chi connectivity index (χ4v) is 3.99. The molecule has 1 aromatic rings. The predicted molar refractivity (Wildman–Crippen MR) is 74.3 cm³/mol. The highest BCUT2D eigenvalue weighted by Gasteiger charge is 2.48. The molecule has 2 rings (SSSR count). The van der Waals surface area contributed by atoms with Gasteiger partial charge in [-0.1, -0.05) is 0 Å². The van der Waals surface area contributed by atoms with E-state index in [0.717, 1.165) is 24.3 Å². The molecule has 1 N–H and O–H groups in total. The lowest BCUT2D eigenvalue weighted by Crippen LogP contribution is -2.49. The Kier molecular flexibility index (Phi) is 4.92. The lowest BCUT2D eigenvalue weighted by atomic mass is 10.2. The van der Waals surface area contributed by atoms with E-state index in [9.17, 15) is 31.7 Å². The number of sulfonamides is 1. The monoisotopic (exact) mass is 353 g/mol. The Hall–Kier alpha value is -1.72. The molecule has 7 nitrogen and oxygen atoms in total. The molecule has 0 aliphatic carbocycles. The van der Waals surface area contributed by atoms with Gasteiger partial charge in [0.15, 0.2) is 0 Å². The largest absolute Gasteiger partial charge is 0.405 e. The summed E-state index contributed by atoms with van der Waals surface area (Å²) in [7, 11) is -4.41. The van der Waals surface area contributed by atoms with Gasteiger partial charge in [0.05, 0.1) is 9.82 Å². The predicted octanol–water partition coefficient (Wildman–Crippen LogP) is 1.51. The number of hydrogen-bond acceptors (Lipinski definition) is 5. The summed E-state index contributed by atoms with van der Waals surface area (Å²) in [6, 6.07) is 1.66. The van der Waals surface area contributed by atoms with E-state index in [0.29, 0.717) is 4.31 Å². The molecule has 0 bridgehead atoms. The van der Waals surface area contributed by atoms with E-state index in [4.69, 9.17) is 0 Å². The second kappa shape index (κ2) is 6.42. The molecule has 0 aromatic heterocycles. The third-order valence-corrected chi connectivity index (χ3v) is 5.41. The number of rotatable bonds is 3. The van der Waals surface area contributed by atoms with Crippen molar-refractivity contribution < 1.29 is 26.5 Å². The Morgan fingerprint density at radius 3 is 2.35 bits per heavy atom. The average Bonchev–Trinajstić information content (AvgIpc) is 2.73. The number of hydrogen-bond donors (Lipinski definition) is 1. The summed E-state index contributed by atoms with van der Waals surface area (Å²) < 4.78 is 64.9. The van der Waals surface area contributed by atoms with E-state index in [1.807, 2.05) is 0 Å². The number of nitrogens with zero attached hydrogens (tertiary/aromatic N) is 2. The van der Waals surface area contributed by atoms with Crippen LogP contribution in [0.25, 0.3) is 0 Å². The highest BCUT2D eigenvalue weighted by atomic mass is 32.2. The van der Waals surface area contributed by atoms with Crippen molar-refractivity contribution >= 4 is 15.7 Å². The van der Waals surface area contributed by atoms with Gasteiger partial charge in [0.1, 0.15) is 6.04 Å². The molecular formula is C12H14F3N3O4S. The van der Waals surface area contributed by atoms with Crippen LogP contribution in [0.2, 0.25) is 0 Å². The van der Waals surface area contributed by atoms with E-state index >= 15 is 0 Å². The summed E-state index contributed by atoms with van der Waals surface area (Å²) in [4.78, 5) is 9.46. The molecule has 0 amide bonds. The number of nitro benzene ring substituents is 1. The highest BCUT2D eigenvalue weighted by Crippen LogP contribution is 2.32. The zero-order chi connectivity index (χ0) is 17.3. The molecule has 0 saturated carbocycles. The quantitative estimate of drug-likeness (QED) is 0.657. The minimum atomic E-state index is -4.69. The fourth-order valence-electron chi connectivity index (χ4n) is 2.34. The number of non-ortho nitro benzene ring substituents is 1. The van der Waals surface area contributed by atoms with E-state index < -0.39 is 38.5 Å². The van der Waals surface area contributed by atoms with Gasteiger partial charge in [-0.15, -0.1) is 0 Å². The number of alkyl halides is 3. The van der Waals surface area contributed by atoms with Gasteiger partial charge in [-0.3, -0.25) is 10.1 Å². The van der Waals surface area contributed by atoms with Gasteiger partial charge >= 0.3 is 6.18 Å². The summed E-state index contributed by atoms with van der Waals surface area (Å²) in [5, 5.41) is 13.3. The highest BCUT2D eigenvalue weighted by molar-refractivity contribution is 7.89. The van der Waals surface area contributed by atoms with Gasteiger partial charge in [-0.25, -0.2) is 8.42 Å². The second-order valence-corrected chi connectivity index (χ2v) is 6.85. The van der Waals surface area contributed by atoms with Gasteiger partial charge in [-0.2, -0.15) is 17.5 Å². The first-order valence-corrected chi connectivity index (χ1v) is 8.12. The molecule has 1 fully saturated rings. The van der Waals surface area contributed by atoms with Gasteiger partial charge in [0.2, 0.25) is 10.0 Å². The van der Waals surface area contributed by atoms with Crippen LogP contribution in [0.5, 0.6) is 0 Å². The van der Waals surface area contributed by atoms with Crippen molar-refractivity contribution in [1.82, 2.24) is 9.62 Å². The molecule has 1 heterocycles. The van der Waals surface area contributed by atoms with Gasteiger partial charge < -0.3 is 5.32 Å². The van der Waals surface area contributed by atoms with Crippen molar-refractivity contribution in [3.63, 3.8) is 0 Å². The molecule has 1 atom stereocenters. The summed E-state index contributed by atoms with van der Waals surface area (Å²) in [6.45, 7) is -0.182. The zero-order valence-electron chi connectivity index (χ0n) is 11.8. The van der Waals surface area contributed by atoms with Crippen molar-refractivity contribution in [3.8, 4) is 0 Å². The molecule has 128 valence electrons. The Labute approximate surface area is 130 Å². The molecule has 1 saturated heterocycles. The van der Waals surface area contributed by atoms with Crippen molar-refractivity contribution in [2.45, 2.75) is 23.5 Å². The van der Waals surface area contributed by atoms with E-state index in [2.05, 4.69) is 5.32 Å². The first kappa shape index (κ1) is 17.6. The molecule has 1 aromatic carbocycles. The van der Waals surface area contributed by atoms with Crippen molar-refractivity contribution in [2.75, 3.05) is 19.6 Å². The topological polar surface area (TPSA) is 92.5 Å². The molecular weight excluding hydrogens is 339 g/mol. The fraction of sp³-hybridized carbons (Fsp3) is 0.500. The number of halogens is 3. The van der Waals surface area contributed by atoms with Crippen LogP contribution < -0.4 is 5.32 Å². The third kappa shape index (κ3) is 3.79. The van der Waals surface area contributed by atoms with Crippen LogP contribution in [0, 0.1) is 10.1 Å².